The maximum atomic E-state index is 5.89. The van der Waals surface area contributed by atoms with Crippen molar-refractivity contribution >= 4 is 23.1 Å². The third-order valence-corrected chi connectivity index (χ3v) is 2.55. The average molecular weight is 234 g/mol. The van der Waals surface area contributed by atoms with Crippen LogP contribution in [0.25, 0.3) is 0 Å². The van der Waals surface area contributed by atoms with E-state index < -0.39 is 0 Å². The van der Waals surface area contributed by atoms with Gasteiger partial charge >= 0.3 is 0 Å². The molecule has 3 nitrogen and oxygen atoms in total. The summed E-state index contributed by atoms with van der Waals surface area (Å²) in [6.07, 6.45) is 5.32. The zero-order valence-electron chi connectivity index (χ0n) is 9.18. The quantitative estimate of drug-likeness (QED) is 0.548. The minimum absolute atomic E-state index is 0.733. The highest BCUT2D eigenvalue weighted by Gasteiger charge is 1.99. The molecule has 0 aliphatic carbocycles. The monoisotopic (exact) mass is 233 g/mol. The molecule has 0 atom stereocenters. The van der Waals surface area contributed by atoms with E-state index in [1.807, 2.05) is 42.8 Å². The predicted octanol–water partition coefficient (Wildman–Crippen LogP) is 3.44. The molecule has 0 amide bonds. The van der Waals surface area contributed by atoms with E-state index in [1.54, 1.807) is 12.5 Å². The Labute approximate surface area is 99.4 Å². The number of aromatic nitrogens is 2. The summed E-state index contributed by atoms with van der Waals surface area (Å²) in [7, 11) is 0. The molecule has 0 saturated heterocycles. The van der Waals surface area contributed by atoms with Crippen molar-refractivity contribution in [2.24, 2.45) is 4.99 Å². The lowest BCUT2D eigenvalue weighted by molar-refractivity contribution is 1.11. The zero-order valence-corrected chi connectivity index (χ0v) is 9.94. The molecule has 0 bridgehead atoms. The Bertz CT molecular complexity index is 515. The minimum atomic E-state index is 0.733. The summed E-state index contributed by atoms with van der Waals surface area (Å²) in [4.78, 5) is 8.51. The number of aryl methyl sites for hydroxylation is 1. The molecule has 1 aromatic carbocycles. The molecule has 1 aromatic heterocycles. The summed E-state index contributed by atoms with van der Waals surface area (Å²) in [5.41, 5.74) is 1.99. The van der Waals surface area contributed by atoms with Crippen LogP contribution in [0.1, 0.15) is 12.5 Å². The van der Waals surface area contributed by atoms with Gasteiger partial charge in [-0.25, -0.2) is 9.98 Å². The molecule has 0 aliphatic rings. The number of nitrogens with zero attached hydrogens (tertiary/aromatic N) is 3. The normalized spacial score (nSPS) is 11.8. The van der Waals surface area contributed by atoms with Crippen LogP contribution in [0.15, 0.2) is 41.9 Å². The van der Waals surface area contributed by atoms with E-state index in [-0.39, 0.29) is 0 Å². The maximum absolute atomic E-state index is 5.89. The van der Waals surface area contributed by atoms with Crippen LogP contribution >= 0.6 is 11.6 Å². The Morgan fingerprint density at radius 1 is 1.44 bits per heavy atom. The SMILES string of the molecule is C/C(=N\c1ccc(Cl)cc1C)n1ccnc1. The Kier molecular flexibility index (Phi) is 3.06. The minimum Gasteiger partial charge on any atom is -0.294 e. The van der Waals surface area contributed by atoms with Crippen LogP contribution in [-0.2, 0) is 0 Å². The van der Waals surface area contributed by atoms with Gasteiger partial charge in [0.2, 0.25) is 0 Å². The van der Waals surface area contributed by atoms with Crippen molar-refractivity contribution in [2.75, 3.05) is 0 Å². The van der Waals surface area contributed by atoms with E-state index >= 15 is 0 Å². The Hall–Kier alpha value is -1.61. The van der Waals surface area contributed by atoms with E-state index in [9.17, 15) is 0 Å². The van der Waals surface area contributed by atoms with Crippen molar-refractivity contribution in [3.05, 3.63) is 47.5 Å². The maximum Gasteiger partial charge on any atom is 0.111 e. The van der Waals surface area contributed by atoms with Crippen molar-refractivity contribution in [1.82, 2.24) is 9.55 Å². The van der Waals surface area contributed by atoms with E-state index in [4.69, 9.17) is 11.6 Å². The smallest absolute Gasteiger partial charge is 0.111 e. The number of imidazole rings is 1. The molecule has 0 aliphatic heterocycles. The van der Waals surface area contributed by atoms with Crippen LogP contribution < -0.4 is 0 Å². The number of benzene rings is 1. The van der Waals surface area contributed by atoms with Crippen molar-refractivity contribution in [3.8, 4) is 0 Å². The van der Waals surface area contributed by atoms with Crippen molar-refractivity contribution in [3.63, 3.8) is 0 Å². The number of rotatable bonds is 1. The van der Waals surface area contributed by atoms with Crippen molar-refractivity contribution in [2.45, 2.75) is 13.8 Å². The fraction of sp³-hybridized carbons (Fsp3) is 0.167. The Balaban J connectivity index is 2.36. The molecule has 1 heterocycles. The second-order valence-corrected chi connectivity index (χ2v) is 4.00. The van der Waals surface area contributed by atoms with Crippen LogP contribution in [0.4, 0.5) is 5.69 Å². The standard InChI is InChI=1S/C12H12ClN3/c1-9-7-11(13)3-4-12(9)15-10(2)16-6-5-14-8-16/h3-8H,1-2H3/b15-10+. The molecule has 2 aromatic rings. The van der Waals surface area contributed by atoms with Gasteiger partial charge in [-0.15, -0.1) is 0 Å². The molecular formula is C12H12ClN3. The van der Waals surface area contributed by atoms with Crippen LogP contribution in [0, 0.1) is 6.92 Å². The lowest BCUT2D eigenvalue weighted by atomic mass is 10.2. The van der Waals surface area contributed by atoms with Gasteiger partial charge in [0, 0.05) is 17.4 Å². The van der Waals surface area contributed by atoms with Crippen LogP contribution in [0.2, 0.25) is 5.02 Å². The Morgan fingerprint density at radius 2 is 2.25 bits per heavy atom. The average Bonchev–Trinajstić information content (AvgIpc) is 2.75. The van der Waals surface area contributed by atoms with E-state index in [1.165, 1.54) is 0 Å². The van der Waals surface area contributed by atoms with Gasteiger partial charge in [-0.2, -0.15) is 0 Å². The van der Waals surface area contributed by atoms with Gasteiger partial charge in [-0.05, 0) is 37.6 Å². The molecular weight excluding hydrogens is 222 g/mol. The second-order valence-electron chi connectivity index (χ2n) is 3.56. The van der Waals surface area contributed by atoms with Gasteiger partial charge in [-0.1, -0.05) is 11.6 Å². The molecule has 0 saturated carbocycles. The fourth-order valence-electron chi connectivity index (χ4n) is 1.43. The lowest BCUT2D eigenvalue weighted by Crippen LogP contribution is -2.03. The first-order valence-corrected chi connectivity index (χ1v) is 5.34. The molecule has 0 fully saturated rings. The highest BCUT2D eigenvalue weighted by Crippen LogP contribution is 2.22. The molecule has 0 unspecified atom stereocenters. The van der Waals surface area contributed by atoms with E-state index in [2.05, 4.69) is 9.98 Å². The molecule has 0 N–H and O–H groups in total. The summed E-state index contributed by atoms with van der Waals surface area (Å²) < 4.78 is 1.87. The summed E-state index contributed by atoms with van der Waals surface area (Å²) >= 11 is 5.89. The summed E-state index contributed by atoms with van der Waals surface area (Å²) in [6, 6.07) is 5.66. The predicted molar refractivity (Wildman–Crippen MR) is 66.6 cm³/mol. The van der Waals surface area contributed by atoms with Crippen LogP contribution in [0.3, 0.4) is 0 Å². The van der Waals surface area contributed by atoms with Crippen molar-refractivity contribution in [1.29, 1.82) is 0 Å². The Morgan fingerprint density at radius 3 is 2.88 bits per heavy atom. The highest BCUT2D eigenvalue weighted by molar-refractivity contribution is 6.30. The molecule has 4 heteroatoms. The van der Waals surface area contributed by atoms with Crippen molar-refractivity contribution < 1.29 is 0 Å². The van der Waals surface area contributed by atoms with Gasteiger partial charge in [0.1, 0.15) is 12.2 Å². The molecule has 2 rings (SSSR count). The molecule has 82 valence electrons. The first kappa shape index (κ1) is 10.9. The fourth-order valence-corrected chi connectivity index (χ4v) is 1.65. The first-order valence-electron chi connectivity index (χ1n) is 4.96. The number of hydrogen-bond donors (Lipinski definition) is 0. The third kappa shape index (κ3) is 2.31. The molecule has 0 radical (unpaired) electrons. The topological polar surface area (TPSA) is 30.2 Å². The first-order chi connectivity index (χ1) is 7.66. The van der Waals surface area contributed by atoms with Gasteiger partial charge < -0.3 is 0 Å². The van der Waals surface area contributed by atoms with Crippen LogP contribution in [-0.4, -0.2) is 15.4 Å². The van der Waals surface area contributed by atoms with Gasteiger partial charge in [0.25, 0.3) is 0 Å². The second kappa shape index (κ2) is 4.49. The van der Waals surface area contributed by atoms with Gasteiger partial charge in [0.15, 0.2) is 0 Å². The van der Waals surface area contributed by atoms with E-state index in [0.717, 1.165) is 22.1 Å². The van der Waals surface area contributed by atoms with Gasteiger partial charge in [-0.3, -0.25) is 4.57 Å². The largest absolute Gasteiger partial charge is 0.294 e. The lowest BCUT2D eigenvalue weighted by Gasteiger charge is -2.04. The third-order valence-electron chi connectivity index (χ3n) is 2.32. The van der Waals surface area contributed by atoms with E-state index in [0.29, 0.717) is 0 Å². The zero-order chi connectivity index (χ0) is 11.5. The number of halogens is 1. The number of aliphatic imine (C=N–C) groups is 1. The number of hydrogen-bond acceptors (Lipinski definition) is 2. The van der Waals surface area contributed by atoms with Gasteiger partial charge in [0.05, 0.1) is 5.69 Å². The summed E-state index contributed by atoms with van der Waals surface area (Å²) in [6.45, 7) is 3.93. The molecule has 0 spiro atoms. The summed E-state index contributed by atoms with van der Waals surface area (Å²) in [5, 5.41) is 0.733. The highest BCUT2D eigenvalue weighted by atomic mass is 35.5. The van der Waals surface area contributed by atoms with Crippen LogP contribution in [0.5, 0.6) is 0 Å². The summed E-state index contributed by atoms with van der Waals surface area (Å²) in [5.74, 6) is 0.878. The molecule has 16 heavy (non-hydrogen) atoms.